The molecule has 1 saturated heterocycles. The Balaban J connectivity index is 1.75. The van der Waals surface area contributed by atoms with E-state index in [1.807, 2.05) is 24.3 Å². The summed E-state index contributed by atoms with van der Waals surface area (Å²) in [6.45, 7) is 4.94. The second-order valence-corrected chi connectivity index (χ2v) is 8.63. The minimum absolute atomic E-state index is 0.00942. The highest BCUT2D eigenvalue weighted by molar-refractivity contribution is 6.15. The number of ether oxygens (including phenoxy) is 3. The molecule has 1 aliphatic carbocycles. The van der Waals surface area contributed by atoms with Crippen molar-refractivity contribution in [1.29, 1.82) is 0 Å². The first-order valence-corrected chi connectivity index (χ1v) is 11.4. The largest absolute Gasteiger partial charge is 0.508 e. The normalized spacial score (nSPS) is 18.9. The second kappa shape index (κ2) is 10.2. The molecule has 0 spiro atoms. The fraction of sp³-hybridized carbons (Fsp3) is 0.321. The Labute approximate surface area is 200 Å². The van der Waals surface area contributed by atoms with Gasteiger partial charge >= 0.3 is 0 Å². The first-order valence-electron chi connectivity index (χ1n) is 11.4. The van der Waals surface area contributed by atoms with Crippen molar-refractivity contribution < 1.29 is 24.1 Å². The summed E-state index contributed by atoms with van der Waals surface area (Å²) in [5.41, 5.74) is 3.80. The molecule has 0 bridgehead atoms. The Bertz CT molecular complexity index is 1130. The van der Waals surface area contributed by atoms with E-state index in [1.165, 1.54) is 0 Å². The van der Waals surface area contributed by atoms with Crippen molar-refractivity contribution in [3.05, 3.63) is 70.8 Å². The number of benzene rings is 2. The van der Waals surface area contributed by atoms with Crippen LogP contribution in [-0.4, -0.2) is 56.3 Å². The topological polar surface area (TPSA) is 68.2 Å². The number of ketones is 1. The van der Waals surface area contributed by atoms with E-state index in [0.29, 0.717) is 53.9 Å². The predicted molar refractivity (Wildman–Crippen MR) is 134 cm³/mol. The molecular formula is C28H31NO5. The summed E-state index contributed by atoms with van der Waals surface area (Å²) < 4.78 is 16.5. The van der Waals surface area contributed by atoms with Gasteiger partial charge in [0.05, 0.1) is 26.9 Å². The highest BCUT2D eigenvalue weighted by Crippen LogP contribution is 2.38. The molecule has 0 aromatic heterocycles. The van der Waals surface area contributed by atoms with Gasteiger partial charge in [0.1, 0.15) is 23.0 Å². The lowest BCUT2D eigenvalue weighted by Gasteiger charge is -2.30. The Morgan fingerprint density at radius 1 is 1.00 bits per heavy atom. The Morgan fingerprint density at radius 2 is 1.65 bits per heavy atom. The Morgan fingerprint density at radius 3 is 2.21 bits per heavy atom. The van der Waals surface area contributed by atoms with Gasteiger partial charge in [0, 0.05) is 42.4 Å². The van der Waals surface area contributed by atoms with E-state index in [0.717, 1.165) is 29.5 Å². The highest BCUT2D eigenvalue weighted by Gasteiger charge is 2.35. The second-order valence-electron chi connectivity index (χ2n) is 8.63. The van der Waals surface area contributed by atoms with Gasteiger partial charge < -0.3 is 19.3 Å². The van der Waals surface area contributed by atoms with E-state index in [4.69, 9.17) is 14.2 Å². The Hall–Kier alpha value is -3.51. The van der Waals surface area contributed by atoms with Crippen molar-refractivity contribution >= 4 is 17.9 Å². The monoisotopic (exact) mass is 461 g/mol. The number of nitrogens with zero attached hydrogens (tertiary/aromatic N) is 1. The molecule has 1 heterocycles. The van der Waals surface area contributed by atoms with Gasteiger partial charge in [-0.05, 0) is 54.7 Å². The molecule has 2 aromatic carbocycles. The molecule has 0 atom stereocenters. The number of phenolic OH excluding ortho intramolecular Hbond substituents is 1. The van der Waals surface area contributed by atoms with Gasteiger partial charge in [0.2, 0.25) is 0 Å². The smallest absolute Gasteiger partial charge is 0.187 e. The van der Waals surface area contributed by atoms with E-state index in [9.17, 15) is 9.90 Å². The summed E-state index contributed by atoms with van der Waals surface area (Å²) in [6.07, 6.45) is 8.41. The molecule has 4 rings (SSSR count). The third-order valence-corrected chi connectivity index (χ3v) is 6.27. The van der Waals surface area contributed by atoms with Crippen molar-refractivity contribution in [3.63, 3.8) is 0 Å². The van der Waals surface area contributed by atoms with E-state index in [1.54, 1.807) is 45.6 Å². The summed E-state index contributed by atoms with van der Waals surface area (Å²) in [5, 5.41) is 10.1. The van der Waals surface area contributed by atoms with Crippen molar-refractivity contribution in [2.75, 3.05) is 34.4 Å². The van der Waals surface area contributed by atoms with Gasteiger partial charge in [0.25, 0.3) is 0 Å². The van der Waals surface area contributed by atoms with Crippen LogP contribution in [0.15, 0.2) is 54.1 Å². The van der Waals surface area contributed by atoms with Crippen LogP contribution in [0.3, 0.4) is 0 Å². The molecule has 2 fully saturated rings. The maximum absolute atomic E-state index is 13.6. The Kier molecular flexibility index (Phi) is 7.08. The summed E-state index contributed by atoms with van der Waals surface area (Å²) >= 11 is 0. The zero-order valence-corrected chi connectivity index (χ0v) is 20.0. The summed E-state index contributed by atoms with van der Waals surface area (Å²) in [4.78, 5) is 15.9. The van der Waals surface area contributed by atoms with Gasteiger partial charge in [0.15, 0.2) is 5.78 Å². The third-order valence-electron chi connectivity index (χ3n) is 6.27. The standard InChI is InChI=1S/C28H31NO5/c1-5-6-19-11-18(7-10-25(19)30)12-20-16-29(22-8-9-22)17-21(28(20)31)13-24-26(33-3)14-23(32-2)15-27(24)34-4/h5,7,10-15,22,30H,1,6,8-9,16-17H2,2-4H3/b20-12+,21-13+. The van der Waals surface area contributed by atoms with Crippen LogP contribution in [-0.2, 0) is 11.2 Å². The van der Waals surface area contributed by atoms with Crippen LogP contribution in [0.2, 0.25) is 0 Å². The average molecular weight is 462 g/mol. The lowest BCUT2D eigenvalue weighted by Crippen LogP contribution is -2.39. The molecule has 6 heteroatoms. The van der Waals surface area contributed by atoms with E-state index < -0.39 is 0 Å². The molecular weight excluding hydrogens is 430 g/mol. The molecule has 178 valence electrons. The summed E-state index contributed by atoms with van der Waals surface area (Å²) in [6, 6.07) is 9.48. The lowest BCUT2D eigenvalue weighted by atomic mass is 9.93. The van der Waals surface area contributed by atoms with Gasteiger partial charge in [-0.25, -0.2) is 0 Å². The number of allylic oxidation sites excluding steroid dienone is 1. The highest BCUT2D eigenvalue weighted by atomic mass is 16.5. The number of methoxy groups -OCH3 is 3. The molecule has 2 aromatic rings. The van der Waals surface area contributed by atoms with Crippen LogP contribution in [0, 0.1) is 0 Å². The molecule has 1 saturated carbocycles. The number of phenols is 1. The predicted octanol–water partition coefficient (Wildman–Crippen LogP) is 4.66. The van der Waals surface area contributed by atoms with E-state index in [2.05, 4.69) is 11.5 Å². The van der Waals surface area contributed by atoms with Crippen LogP contribution >= 0.6 is 0 Å². The number of hydrogen-bond acceptors (Lipinski definition) is 6. The average Bonchev–Trinajstić information content (AvgIpc) is 3.69. The number of carbonyl (C=O) groups is 1. The van der Waals surface area contributed by atoms with Crippen LogP contribution in [0.25, 0.3) is 12.2 Å². The minimum Gasteiger partial charge on any atom is -0.508 e. The van der Waals surface area contributed by atoms with Crippen LogP contribution in [0.5, 0.6) is 23.0 Å². The van der Waals surface area contributed by atoms with Crippen molar-refractivity contribution in [1.82, 2.24) is 4.90 Å². The van der Waals surface area contributed by atoms with Gasteiger partial charge in [-0.1, -0.05) is 12.1 Å². The van der Waals surface area contributed by atoms with Crippen molar-refractivity contribution in [2.45, 2.75) is 25.3 Å². The number of likely N-dealkylation sites (tertiary alicyclic amines) is 1. The number of hydrogen-bond donors (Lipinski definition) is 1. The first-order chi connectivity index (χ1) is 16.5. The molecule has 1 N–H and O–H groups in total. The van der Waals surface area contributed by atoms with E-state index in [-0.39, 0.29) is 11.5 Å². The summed E-state index contributed by atoms with van der Waals surface area (Å²) in [7, 11) is 4.77. The fourth-order valence-electron chi connectivity index (χ4n) is 4.33. The van der Waals surface area contributed by atoms with Crippen LogP contribution < -0.4 is 14.2 Å². The van der Waals surface area contributed by atoms with Gasteiger partial charge in [-0.3, -0.25) is 9.69 Å². The van der Waals surface area contributed by atoms with Gasteiger partial charge in [-0.15, -0.1) is 6.58 Å². The number of rotatable bonds is 8. The number of aromatic hydroxyl groups is 1. The number of Topliss-reactive ketones (excluding diaryl/α,β-unsaturated/α-hetero) is 1. The van der Waals surface area contributed by atoms with Crippen LogP contribution in [0.4, 0.5) is 0 Å². The number of piperidine rings is 1. The maximum atomic E-state index is 13.6. The van der Waals surface area contributed by atoms with Crippen molar-refractivity contribution in [2.24, 2.45) is 0 Å². The molecule has 1 aliphatic heterocycles. The lowest BCUT2D eigenvalue weighted by molar-refractivity contribution is -0.113. The molecule has 0 amide bonds. The SMILES string of the molecule is C=CCc1cc(/C=C2\CN(C3CC3)C/C(=C\c3c(OC)cc(OC)cc3OC)C2=O)ccc1O. The van der Waals surface area contributed by atoms with E-state index >= 15 is 0 Å². The molecule has 0 radical (unpaired) electrons. The first kappa shape index (κ1) is 23.6. The quantitative estimate of drug-likeness (QED) is 0.456. The van der Waals surface area contributed by atoms with Crippen LogP contribution in [0.1, 0.15) is 29.5 Å². The van der Waals surface area contributed by atoms with Crippen molar-refractivity contribution in [3.8, 4) is 23.0 Å². The molecule has 0 unspecified atom stereocenters. The zero-order valence-electron chi connectivity index (χ0n) is 20.0. The molecule has 34 heavy (non-hydrogen) atoms. The maximum Gasteiger partial charge on any atom is 0.187 e. The van der Waals surface area contributed by atoms with Gasteiger partial charge in [-0.2, -0.15) is 0 Å². The molecule has 2 aliphatic rings. The molecule has 6 nitrogen and oxygen atoms in total. The third kappa shape index (κ3) is 5.02. The zero-order chi connectivity index (χ0) is 24.2. The minimum atomic E-state index is 0.00942. The fourth-order valence-corrected chi connectivity index (χ4v) is 4.33. The summed E-state index contributed by atoms with van der Waals surface area (Å²) in [5.74, 6) is 2.02. The number of carbonyl (C=O) groups excluding carboxylic acids is 1.